The Labute approximate surface area is 162 Å². The van der Waals surface area contributed by atoms with Crippen LogP contribution in [0.4, 0.5) is 0 Å². The number of pyridine rings is 1. The molecular weight excluding hydrogens is 360 g/mol. The van der Waals surface area contributed by atoms with Crippen LogP contribution in [0.3, 0.4) is 0 Å². The van der Waals surface area contributed by atoms with E-state index in [1.54, 1.807) is 21.1 Å². The van der Waals surface area contributed by atoms with E-state index in [-0.39, 0.29) is 11.5 Å². The van der Waals surface area contributed by atoms with E-state index in [0.717, 1.165) is 5.52 Å². The lowest BCUT2D eigenvalue weighted by Crippen LogP contribution is -2.40. The Kier molecular flexibility index (Phi) is 5.29. The second kappa shape index (κ2) is 8.02. The van der Waals surface area contributed by atoms with Gasteiger partial charge in [-0.2, -0.15) is 4.98 Å². The standard InChI is InChI=1S/C20H24N4O4/c1-2-23-15-7-8-17(21-19(15)24-9-3-5-16(24)20(23)26)28-12-4-6-18(25)22-10-13-27-14-11-22/h3,5,7-9H,2,4,6,10-14H2,1H3. The lowest BCUT2D eigenvalue weighted by atomic mass is 10.2. The highest BCUT2D eigenvalue weighted by Gasteiger charge is 2.16. The largest absolute Gasteiger partial charge is 0.478 e. The van der Waals surface area contributed by atoms with Crippen molar-refractivity contribution in [3.8, 4) is 5.88 Å². The number of rotatable bonds is 6. The van der Waals surface area contributed by atoms with Crippen LogP contribution in [0.2, 0.25) is 0 Å². The Balaban J connectivity index is 1.45. The van der Waals surface area contributed by atoms with Gasteiger partial charge in [-0.25, -0.2) is 0 Å². The molecule has 4 heterocycles. The summed E-state index contributed by atoms with van der Waals surface area (Å²) in [6.45, 7) is 5.48. The minimum Gasteiger partial charge on any atom is -0.478 e. The summed E-state index contributed by atoms with van der Waals surface area (Å²) in [5, 5.41) is 0. The van der Waals surface area contributed by atoms with Gasteiger partial charge in [0.2, 0.25) is 11.8 Å². The molecule has 0 N–H and O–H groups in total. The van der Waals surface area contributed by atoms with Crippen LogP contribution < -0.4 is 10.3 Å². The Bertz CT molecular complexity index is 1050. The van der Waals surface area contributed by atoms with Crippen LogP contribution in [0.1, 0.15) is 19.8 Å². The van der Waals surface area contributed by atoms with Gasteiger partial charge in [0.05, 0.1) is 25.3 Å². The molecule has 0 spiro atoms. The van der Waals surface area contributed by atoms with Gasteiger partial charge in [-0.3, -0.25) is 14.0 Å². The van der Waals surface area contributed by atoms with E-state index in [1.807, 2.05) is 30.2 Å². The molecule has 3 aromatic heterocycles. The maximum atomic E-state index is 12.6. The number of morpholine rings is 1. The fraction of sp³-hybridized carbons (Fsp3) is 0.450. The van der Waals surface area contributed by atoms with Gasteiger partial charge in [-0.05, 0) is 31.5 Å². The number of amides is 1. The van der Waals surface area contributed by atoms with E-state index in [4.69, 9.17) is 9.47 Å². The third kappa shape index (κ3) is 3.47. The zero-order valence-electron chi connectivity index (χ0n) is 16.0. The second-order valence-electron chi connectivity index (χ2n) is 6.75. The Morgan fingerprint density at radius 3 is 2.82 bits per heavy atom. The zero-order chi connectivity index (χ0) is 19.5. The van der Waals surface area contributed by atoms with Crippen LogP contribution in [0.5, 0.6) is 5.88 Å². The van der Waals surface area contributed by atoms with Gasteiger partial charge in [0.1, 0.15) is 5.52 Å². The molecule has 1 fully saturated rings. The summed E-state index contributed by atoms with van der Waals surface area (Å²) >= 11 is 0. The van der Waals surface area contributed by atoms with Crippen LogP contribution >= 0.6 is 0 Å². The van der Waals surface area contributed by atoms with Crippen LogP contribution in [0.25, 0.3) is 16.7 Å². The fourth-order valence-electron chi connectivity index (χ4n) is 3.56. The minimum atomic E-state index is -0.0305. The molecule has 1 aliphatic rings. The summed E-state index contributed by atoms with van der Waals surface area (Å²) in [7, 11) is 0. The molecule has 28 heavy (non-hydrogen) atoms. The molecule has 1 saturated heterocycles. The van der Waals surface area contributed by atoms with Crippen molar-refractivity contribution in [2.75, 3.05) is 32.9 Å². The van der Waals surface area contributed by atoms with E-state index in [0.29, 0.717) is 69.3 Å². The van der Waals surface area contributed by atoms with Crippen molar-refractivity contribution in [3.05, 3.63) is 40.8 Å². The van der Waals surface area contributed by atoms with Gasteiger partial charge in [0, 0.05) is 38.3 Å². The van der Waals surface area contributed by atoms with E-state index in [2.05, 4.69) is 4.98 Å². The van der Waals surface area contributed by atoms with Crippen molar-refractivity contribution in [1.82, 2.24) is 18.9 Å². The topological polar surface area (TPSA) is 78.1 Å². The highest BCUT2D eigenvalue weighted by Crippen LogP contribution is 2.18. The SMILES string of the molecule is CCn1c(=O)c2cccn2c2nc(OCCCC(=O)N3CCOCC3)ccc21. The summed E-state index contributed by atoms with van der Waals surface area (Å²) in [5.41, 5.74) is 2.02. The van der Waals surface area contributed by atoms with Crippen LogP contribution in [0, 0.1) is 0 Å². The molecule has 0 saturated carbocycles. The molecule has 0 radical (unpaired) electrons. The first-order valence-corrected chi connectivity index (χ1v) is 9.68. The molecule has 4 rings (SSSR count). The number of nitrogens with zero attached hydrogens (tertiary/aromatic N) is 4. The number of carbonyl (C=O) groups excluding carboxylic acids is 1. The maximum Gasteiger partial charge on any atom is 0.275 e. The summed E-state index contributed by atoms with van der Waals surface area (Å²) in [6.07, 6.45) is 2.91. The molecular formula is C20H24N4O4. The molecule has 0 unspecified atom stereocenters. The molecule has 1 amide bonds. The molecule has 0 aromatic carbocycles. The van der Waals surface area contributed by atoms with E-state index < -0.39 is 0 Å². The molecule has 8 nitrogen and oxygen atoms in total. The van der Waals surface area contributed by atoms with Gasteiger partial charge >= 0.3 is 0 Å². The predicted octanol–water partition coefficient (Wildman–Crippen LogP) is 1.69. The van der Waals surface area contributed by atoms with Crippen molar-refractivity contribution < 1.29 is 14.3 Å². The monoisotopic (exact) mass is 384 g/mol. The van der Waals surface area contributed by atoms with E-state index >= 15 is 0 Å². The number of ether oxygens (including phenoxy) is 2. The molecule has 1 aliphatic heterocycles. The molecule has 3 aromatic rings. The van der Waals surface area contributed by atoms with Gasteiger partial charge in [-0.1, -0.05) is 0 Å². The predicted molar refractivity (Wildman–Crippen MR) is 105 cm³/mol. The molecule has 0 atom stereocenters. The normalized spacial score (nSPS) is 14.7. The second-order valence-corrected chi connectivity index (χ2v) is 6.75. The summed E-state index contributed by atoms with van der Waals surface area (Å²) in [5.74, 6) is 0.627. The first kappa shape index (κ1) is 18.5. The van der Waals surface area contributed by atoms with E-state index in [9.17, 15) is 9.59 Å². The molecule has 0 bridgehead atoms. The number of hydrogen-bond acceptors (Lipinski definition) is 5. The number of carbonyl (C=O) groups is 1. The number of fused-ring (bicyclic) bond motifs is 3. The van der Waals surface area contributed by atoms with Crippen LogP contribution in [0.15, 0.2) is 35.3 Å². The van der Waals surface area contributed by atoms with Crippen molar-refractivity contribution in [1.29, 1.82) is 0 Å². The number of aryl methyl sites for hydroxylation is 1. The third-order valence-corrected chi connectivity index (χ3v) is 5.03. The lowest BCUT2D eigenvalue weighted by Gasteiger charge is -2.26. The van der Waals surface area contributed by atoms with Crippen molar-refractivity contribution in [2.45, 2.75) is 26.3 Å². The first-order valence-electron chi connectivity index (χ1n) is 9.68. The van der Waals surface area contributed by atoms with Crippen LogP contribution in [-0.2, 0) is 16.1 Å². The Hall–Kier alpha value is -2.87. The Morgan fingerprint density at radius 2 is 2.04 bits per heavy atom. The van der Waals surface area contributed by atoms with Gasteiger partial charge in [-0.15, -0.1) is 0 Å². The average molecular weight is 384 g/mol. The highest BCUT2D eigenvalue weighted by molar-refractivity contribution is 5.76. The quantitative estimate of drug-likeness (QED) is 0.605. The lowest BCUT2D eigenvalue weighted by molar-refractivity contribution is -0.135. The van der Waals surface area contributed by atoms with Gasteiger partial charge in [0.25, 0.3) is 5.56 Å². The van der Waals surface area contributed by atoms with Crippen molar-refractivity contribution in [2.24, 2.45) is 0 Å². The molecule has 0 aliphatic carbocycles. The third-order valence-electron chi connectivity index (χ3n) is 5.03. The van der Waals surface area contributed by atoms with Crippen molar-refractivity contribution >= 4 is 22.6 Å². The van der Waals surface area contributed by atoms with Gasteiger partial charge < -0.3 is 18.9 Å². The van der Waals surface area contributed by atoms with E-state index in [1.165, 1.54) is 0 Å². The molecule has 8 heteroatoms. The summed E-state index contributed by atoms with van der Waals surface area (Å²) in [4.78, 5) is 31.2. The Morgan fingerprint density at radius 1 is 1.21 bits per heavy atom. The fourth-order valence-corrected chi connectivity index (χ4v) is 3.56. The highest BCUT2D eigenvalue weighted by atomic mass is 16.5. The zero-order valence-corrected chi connectivity index (χ0v) is 16.0. The smallest absolute Gasteiger partial charge is 0.275 e. The number of hydrogen-bond donors (Lipinski definition) is 0. The van der Waals surface area contributed by atoms with Gasteiger partial charge in [0.15, 0.2) is 5.65 Å². The molecule has 148 valence electrons. The number of aromatic nitrogens is 3. The minimum absolute atomic E-state index is 0.0305. The van der Waals surface area contributed by atoms with Crippen LogP contribution in [-0.4, -0.2) is 57.7 Å². The average Bonchev–Trinajstić information content (AvgIpc) is 3.23. The maximum absolute atomic E-state index is 12.6. The summed E-state index contributed by atoms with van der Waals surface area (Å²) < 4.78 is 14.5. The first-order chi connectivity index (χ1) is 13.7. The summed E-state index contributed by atoms with van der Waals surface area (Å²) in [6, 6.07) is 7.26. The van der Waals surface area contributed by atoms with Crippen molar-refractivity contribution in [3.63, 3.8) is 0 Å².